The molecule has 0 aliphatic heterocycles. The number of nitrogens with zero attached hydrogens (tertiary/aromatic N) is 2. The lowest BCUT2D eigenvalue weighted by atomic mass is 9.94. The van der Waals surface area contributed by atoms with Gasteiger partial charge in [0, 0.05) is 18.9 Å². The summed E-state index contributed by atoms with van der Waals surface area (Å²) in [4.78, 5) is 3.20. The van der Waals surface area contributed by atoms with Gasteiger partial charge in [0.1, 0.15) is 17.7 Å². The van der Waals surface area contributed by atoms with Gasteiger partial charge in [-0.2, -0.15) is 14.6 Å². The fourth-order valence-corrected chi connectivity index (χ4v) is 1.90. The summed E-state index contributed by atoms with van der Waals surface area (Å²) in [7, 11) is 0. The van der Waals surface area contributed by atoms with Gasteiger partial charge in [-0.3, -0.25) is 0 Å². The van der Waals surface area contributed by atoms with Gasteiger partial charge >= 0.3 is 0 Å². The number of alkyl halides is 2. The molecule has 1 aliphatic carbocycles. The summed E-state index contributed by atoms with van der Waals surface area (Å²) in [6.07, 6.45) is -1.21. The molecule has 1 aliphatic rings. The maximum absolute atomic E-state index is 13.5. The van der Waals surface area contributed by atoms with Gasteiger partial charge in [-0.05, 0) is 12.8 Å². The van der Waals surface area contributed by atoms with E-state index in [1.54, 1.807) is 0 Å². The molecule has 0 spiro atoms. The van der Waals surface area contributed by atoms with Crippen LogP contribution in [0, 0.1) is 23.1 Å². The smallest absolute Gasteiger partial charge is 0.253 e. The van der Waals surface area contributed by atoms with Gasteiger partial charge in [0.2, 0.25) is 11.9 Å². The van der Waals surface area contributed by atoms with E-state index in [9.17, 15) is 17.6 Å². The Morgan fingerprint density at radius 2 is 1.95 bits per heavy atom. The molecule has 19 heavy (non-hydrogen) atoms. The average molecular weight is 274 g/mol. The lowest BCUT2D eigenvalue weighted by Gasteiger charge is -2.28. The molecule has 1 saturated carbocycles. The predicted octanol–water partition coefficient (Wildman–Crippen LogP) is 3.19. The highest BCUT2D eigenvalue weighted by atomic mass is 19.3. The SMILES string of the molecule is N#Cc1cc(F)c(OC2CCC(F)(F)CC2)nc1F. The molecule has 1 aromatic heterocycles. The molecular formula is C12H10F4N2O. The van der Waals surface area contributed by atoms with Crippen LogP contribution in [-0.2, 0) is 0 Å². The van der Waals surface area contributed by atoms with Crippen molar-refractivity contribution in [1.29, 1.82) is 5.26 Å². The maximum Gasteiger partial charge on any atom is 0.253 e. The van der Waals surface area contributed by atoms with Crippen LogP contribution in [0.4, 0.5) is 17.6 Å². The molecule has 7 heteroatoms. The van der Waals surface area contributed by atoms with Crippen LogP contribution in [-0.4, -0.2) is 17.0 Å². The number of pyridine rings is 1. The van der Waals surface area contributed by atoms with E-state index in [4.69, 9.17) is 10.00 Å². The Kier molecular flexibility index (Phi) is 3.60. The van der Waals surface area contributed by atoms with Crippen molar-refractivity contribution in [2.75, 3.05) is 0 Å². The number of rotatable bonds is 2. The van der Waals surface area contributed by atoms with E-state index in [1.807, 2.05) is 0 Å². The number of hydrogen-bond acceptors (Lipinski definition) is 3. The van der Waals surface area contributed by atoms with Crippen molar-refractivity contribution in [3.05, 3.63) is 23.4 Å². The second kappa shape index (κ2) is 5.03. The second-order valence-electron chi connectivity index (χ2n) is 4.40. The monoisotopic (exact) mass is 274 g/mol. The summed E-state index contributed by atoms with van der Waals surface area (Å²) in [5.74, 6) is -5.43. The molecule has 1 aromatic rings. The minimum atomic E-state index is -2.72. The van der Waals surface area contributed by atoms with Crippen LogP contribution < -0.4 is 4.74 Å². The second-order valence-corrected chi connectivity index (χ2v) is 4.40. The summed E-state index contributed by atoms with van der Waals surface area (Å²) in [6.45, 7) is 0. The molecule has 0 bridgehead atoms. The molecule has 102 valence electrons. The first-order valence-corrected chi connectivity index (χ1v) is 5.72. The standard InChI is InChI=1S/C12H10F4N2O/c13-9-5-7(6-17)10(14)18-11(9)19-8-1-3-12(15,16)4-2-8/h5,8H,1-4H2. The Labute approximate surface area is 106 Å². The van der Waals surface area contributed by atoms with Crippen LogP contribution in [0.25, 0.3) is 0 Å². The van der Waals surface area contributed by atoms with Crippen molar-refractivity contribution in [2.24, 2.45) is 0 Å². The van der Waals surface area contributed by atoms with Gasteiger partial charge in [-0.15, -0.1) is 0 Å². The normalized spacial score (nSPS) is 18.9. The van der Waals surface area contributed by atoms with E-state index in [1.165, 1.54) is 6.07 Å². The summed E-state index contributed by atoms with van der Waals surface area (Å²) in [5.41, 5.74) is -0.528. The van der Waals surface area contributed by atoms with Crippen LogP contribution in [0.5, 0.6) is 5.88 Å². The van der Waals surface area contributed by atoms with E-state index in [0.717, 1.165) is 0 Å². The quantitative estimate of drug-likeness (QED) is 0.614. The van der Waals surface area contributed by atoms with Gasteiger partial charge in [0.15, 0.2) is 5.82 Å². The summed E-state index contributed by atoms with van der Waals surface area (Å²) in [6, 6.07) is 2.12. The number of ether oxygens (including phenoxy) is 1. The van der Waals surface area contributed by atoms with Crippen molar-refractivity contribution < 1.29 is 22.3 Å². The van der Waals surface area contributed by atoms with E-state index < -0.39 is 35.2 Å². The average Bonchev–Trinajstić information content (AvgIpc) is 2.36. The molecule has 0 amide bonds. The zero-order valence-electron chi connectivity index (χ0n) is 9.80. The molecule has 1 heterocycles. The molecule has 0 saturated heterocycles. The van der Waals surface area contributed by atoms with Gasteiger partial charge in [-0.25, -0.2) is 13.2 Å². The molecule has 0 radical (unpaired) electrons. The van der Waals surface area contributed by atoms with Crippen molar-refractivity contribution >= 4 is 0 Å². The highest BCUT2D eigenvalue weighted by Crippen LogP contribution is 2.34. The molecule has 3 nitrogen and oxygen atoms in total. The number of halogens is 4. The minimum absolute atomic E-state index is 0.0513. The lowest BCUT2D eigenvalue weighted by molar-refractivity contribution is -0.0593. The van der Waals surface area contributed by atoms with Crippen molar-refractivity contribution in [2.45, 2.75) is 37.7 Å². The Morgan fingerprint density at radius 3 is 2.53 bits per heavy atom. The molecule has 1 fully saturated rings. The first-order chi connectivity index (χ1) is 8.91. The Balaban J connectivity index is 2.08. The highest BCUT2D eigenvalue weighted by molar-refractivity contribution is 5.31. The molecule has 0 N–H and O–H groups in total. The third-order valence-electron chi connectivity index (χ3n) is 2.96. The topological polar surface area (TPSA) is 45.9 Å². The largest absolute Gasteiger partial charge is 0.472 e. The van der Waals surface area contributed by atoms with Crippen LogP contribution in [0.3, 0.4) is 0 Å². The predicted molar refractivity (Wildman–Crippen MR) is 56.7 cm³/mol. The zero-order chi connectivity index (χ0) is 14.0. The Hall–Kier alpha value is -1.84. The number of aromatic nitrogens is 1. The highest BCUT2D eigenvalue weighted by Gasteiger charge is 2.36. The van der Waals surface area contributed by atoms with Gasteiger partial charge < -0.3 is 4.74 Å². The zero-order valence-corrected chi connectivity index (χ0v) is 9.80. The molecule has 2 rings (SSSR count). The van der Waals surface area contributed by atoms with E-state index in [-0.39, 0.29) is 25.7 Å². The summed E-state index contributed by atoms with van der Waals surface area (Å²) < 4.78 is 57.6. The summed E-state index contributed by atoms with van der Waals surface area (Å²) in [5, 5.41) is 8.49. The van der Waals surface area contributed by atoms with Crippen molar-refractivity contribution in [3.8, 4) is 11.9 Å². The maximum atomic E-state index is 13.5. The third kappa shape index (κ3) is 3.13. The van der Waals surface area contributed by atoms with E-state index >= 15 is 0 Å². The molecular weight excluding hydrogens is 264 g/mol. The van der Waals surface area contributed by atoms with Crippen LogP contribution >= 0.6 is 0 Å². The minimum Gasteiger partial charge on any atom is -0.472 e. The Bertz CT molecular complexity index is 517. The third-order valence-corrected chi connectivity index (χ3v) is 2.96. The Morgan fingerprint density at radius 1 is 1.32 bits per heavy atom. The first kappa shape index (κ1) is 13.6. The number of nitriles is 1. The van der Waals surface area contributed by atoms with Gasteiger partial charge in [-0.1, -0.05) is 0 Å². The van der Waals surface area contributed by atoms with Crippen molar-refractivity contribution in [1.82, 2.24) is 4.98 Å². The fraction of sp³-hybridized carbons (Fsp3) is 0.500. The molecule has 0 aromatic carbocycles. The van der Waals surface area contributed by atoms with Gasteiger partial charge in [0.05, 0.1) is 0 Å². The van der Waals surface area contributed by atoms with E-state index in [2.05, 4.69) is 4.98 Å². The summed E-state index contributed by atoms with van der Waals surface area (Å²) >= 11 is 0. The van der Waals surface area contributed by atoms with Crippen LogP contribution in [0.2, 0.25) is 0 Å². The molecule has 0 unspecified atom stereocenters. The fourth-order valence-electron chi connectivity index (χ4n) is 1.90. The number of hydrogen-bond donors (Lipinski definition) is 0. The lowest BCUT2D eigenvalue weighted by Crippen LogP contribution is -2.31. The van der Waals surface area contributed by atoms with Gasteiger partial charge in [0.25, 0.3) is 5.88 Å². The van der Waals surface area contributed by atoms with Crippen LogP contribution in [0.15, 0.2) is 6.07 Å². The molecule has 0 atom stereocenters. The van der Waals surface area contributed by atoms with Crippen molar-refractivity contribution in [3.63, 3.8) is 0 Å². The van der Waals surface area contributed by atoms with Crippen LogP contribution in [0.1, 0.15) is 31.2 Å². The van der Waals surface area contributed by atoms with E-state index in [0.29, 0.717) is 6.07 Å². The first-order valence-electron chi connectivity index (χ1n) is 5.72.